The molecular weight excluding hydrogens is 769 g/mol. The summed E-state index contributed by atoms with van der Waals surface area (Å²) < 4.78 is 4.71. The molecule has 290 valence electrons. The van der Waals surface area contributed by atoms with E-state index in [4.69, 9.17) is 6.57 Å². The van der Waals surface area contributed by atoms with Crippen molar-refractivity contribution in [3.8, 4) is 45.8 Å². The second-order valence-electron chi connectivity index (χ2n) is 15.9. The standard InChI is InChI=1S/C57H33N6/c1-60-49-30-28-42(38-32-37(35-58)33-39(34-38)61-50-24-12-8-20-43(50)44-21-9-13-25-51(44)61)48(36-59)56(49)62-52-26-14-10-22-45(52)46-29-31-54-55(57(46)62)47-23-11-15-27-53(47)63(54,40-16-4-2-5-17-40)41-18-6-3-7-19-41/h2-34H/q+1. The van der Waals surface area contributed by atoms with Crippen LogP contribution in [-0.4, -0.2) is 9.13 Å². The first kappa shape index (κ1) is 35.9. The quantitative estimate of drug-likeness (QED) is 0.129. The number of rotatable bonds is 5. The number of nitrogens with zero attached hydrogens (tertiary/aromatic N) is 6. The summed E-state index contributed by atoms with van der Waals surface area (Å²) in [4.78, 5) is 4.12. The number of quaternary nitrogens is 1. The predicted molar refractivity (Wildman–Crippen MR) is 255 cm³/mol. The zero-order valence-electron chi connectivity index (χ0n) is 33.7. The highest BCUT2D eigenvalue weighted by Gasteiger charge is 2.49. The summed E-state index contributed by atoms with van der Waals surface area (Å²) in [5.74, 6) is 0. The Bertz CT molecular complexity index is 3740. The van der Waals surface area contributed by atoms with Crippen LogP contribution in [0.25, 0.3) is 82.1 Å². The van der Waals surface area contributed by atoms with Crippen molar-refractivity contribution in [1.29, 1.82) is 10.5 Å². The summed E-state index contributed by atoms with van der Waals surface area (Å²) >= 11 is 0. The SMILES string of the molecule is [C-]#[N+]c1ccc(-c2cc(C#N)cc(-n3c4ccccc4c4ccccc43)c2)c(C#N)c1-n1c2ccccc2c2ccc3c(c21)-c1ccccc1[N+]3(c1ccccc1)c1ccccc1. The molecule has 0 spiro atoms. The topological polar surface area (TPSA) is 61.8 Å². The van der Waals surface area contributed by atoms with Gasteiger partial charge in [0.05, 0.1) is 62.6 Å². The third-order valence-corrected chi connectivity index (χ3v) is 12.8. The van der Waals surface area contributed by atoms with Crippen molar-refractivity contribution >= 4 is 72.0 Å². The van der Waals surface area contributed by atoms with Gasteiger partial charge in [-0.1, -0.05) is 115 Å². The lowest BCUT2D eigenvalue weighted by Gasteiger charge is -2.34. The molecule has 0 fully saturated rings. The van der Waals surface area contributed by atoms with Gasteiger partial charge in [0.1, 0.15) is 17.4 Å². The summed E-state index contributed by atoms with van der Waals surface area (Å²) in [6, 6.07) is 73.7. The molecule has 0 saturated heterocycles. The molecular formula is C57H33N6+. The van der Waals surface area contributed by atoms with Crippen molar-refractivity contribution in [1.82, 2.24) is 13.6 Å². The molecule has 0 saturated carbocycles. The Morgan fingerprint density at radius 1 is 0.476 bits per heavy atom. The number of hydrogen-bond donors (Lipinski definition) is 0. The molecule has 63 heavy (non-hydrogen) atoms. The summed E-state index contributed by atoms with van der Waals surface area (Å²) in [6.07, 6.45) is 0. The highest BCUT2D eigenvalue weighted by atomic mass is 15.4. The highest BCUT2D eigenvalue weighted by molar-refractivity contribution is 6.20. The fraction of sp³-hybridized carbons (Fsp3) is 0. The van der Waals surface area contributed by atoms with Crippen molar-refractivity contribution < 1.29 is 0 Å². The fourth-order valence-corrected chi connectivity index (χ4v) is 10.4. The van der Waals surface area contributed by atoms with Crippen LogP contribution in [-0.2, 0) is 0 Å². The van der Waals surface area contributed by atoms with E-state index < -0.39 is 0 Å². The number of benzene rings is 9. The van der Waals surface area contributed by atoms with Crippen LogP contribution in [0.15, 0.2) is 200 Å². The first-order valence-corrected chi connectivity index (χ1v) is 20.8. The third kappa shape index (κ3) is 4.95. The monoisotopic (exact) mass is 801 g/mol. The molecule has 0 atom stereocenters. The number of hydrogen-bond acceptors (Lipinski definition) is 2. The van der Waals surface area contributed by atoms with Crippen LogP contribution < -0.4 is 4.48 Å². The van der Waals surface area contributed by atoms with Crippen LogP contribution in [0.2, 0.25) is 0 Å². The predicted octanol–water partition coefficient (Wildman–Crippen LogP) is 15.1. The highest BCUT2D eigenvalue weighted by Crippen LogP contribution is 2.64. The lowest BCUT2D eigenvalue weighted by atomic mass is 9.95. The minimum absolute atomic E-state index is 0.352. The van der Waals surface area contributed by atoms with E-state index in [2.05, 4.69) is 166 Å². The Kier molecular flexibility index (Phi) is 7.85. The lowest BCUT2D eigenvalue weighted by Crippen LogP contribution is -2.31. The number of nitriles is 2. The molecule has 2 aromatic heterocycles. The molecule has 11 aromatic rings. The van der Waals surface area contributed by atoms with Crippen molar-refractivity contribution in [2.24, 2.45) is 0 Å². The van der Waals surface area contributed by atoms with E-state index in [9.17, 15) is 10.5 Å². The molecule has 0 amide bonds. The van der Waals surface area contributed by atoms with E-state index in [0.717, 1.165) is 83.2 Å². The van der Waals surface area contributed by atoms with E-state index >= 15 is 0 Å². The molecule has 0 aliphatic carbocycles. The Labute approximate surface area is 363 Å². The minimum Gasteiger partial charge on any atom is -0.317 e. The van der Waals surface area contributed by atoms with E-state index in [1.807, 2.05) is 60.7 Å². The Morgan fingerprint density at radius 2 is 1.05 bits per heavy atom. The molecule has 1 aliphatic heterocycles. The summed E-state index contributed by atoms with van der Waals surface area (Å²) in [5, 5.41) is 26.3. The molecule has 0 unspecified atom stereocenters. The first-order valence-electron chi connectivity index (χ1n) is 20.8. The van der Waals surface area contributed by atoms with Gasteiger partial charge < -0.3 is 9.13 Å². The normalized spacial score (nSPS) is 12.5. The van der Waals surface area contributed by atoms with Crippen LogP contribution in [0.4, 0.5) is 28.4 Å². The van der Waals surface area contributed by atoms with Crippen molar-refractivity contribution in [3.63, 3.8) is 0 Å². The van der Waals surface area contributed by atoms with Crippen molar-refractivity contribution in [3.05, 3.63) is 223 Å². The molecule has 1 aliphatic rings. The van der Waals surface area contributed by atoms with Gasteiger partial charge in [-0.3, -0.25) is 0 Å². The van der Waals surface area contributed by atoms with E-state index in [1.54, 1.807) is 0 Å². The number of aromatic nitrogens is 2. The number of para-hydroxylation sites is 6. The third-order valence-electron chi connectivity index (χ3n) is 12.8. The second kappa shape index (κ2) is 13.8. The summed E-state index contributed by atoms with van der Waals surface area (Å²) in [6.45, 7) is 8.61. The zero-order chi connectivity index (χ0) is 42.2. The molecule has 6 nitrogen and oxygen atoms in total. The molecule has 0 bridgehead atoms. The van der Waals surface area contributed by atoms with Crippen LogP contribution >= 0.6 is 0 Å². The zero-order valence-corrected chi connectivity index (χ0v) is 33.7. The van der Waals surface area contributed by atoms with Gasteiger partial charge in [-0.2, -0.15) is 15.0 Å². The van der Waals surface area contributed by atoms with E-state index in [0.29, 0.717) is 38.1 Å². The maximum Gasteiger partial charge on any atom is 0.211 e. The van der Waals surface area contributed by atoms with Gasteiger partial charge in [0.25, 0.3) is 0 Å². The minimum atomic E-state index is 0.352. The van der Waals surface area contributed by atoms with E-state index in [-0.39, 0.29) is 0 Å². The molecule has 6 heteroatoms. The van der Waals surface area contributed by atoms with Crippen LogP contribution in [0.3, 0.4) is 0 Å². The maximum atomic E-state index is 11.5. The Hall–Kier alpha value is -8.99. The summed E-state index contributed by atoms with van der Waals surface area (Å²) in [7, 11) is 0. The molecule has 9 aromatic carbocycles. The average Bonchev–Trinajstić information content (AvgIpc) is 3.98. The van der Waals surface area contributed by atoms with Crippen molar-refractivity contribution in [2.45, 2.75) is 0 Å². The maximum absolute atomic E-state index is 11.5. The Morgan fingerprint density at radius 3 is 1.67 bits per heavy atom. The lowest BCUT2D eigenvalue weighted by molar-refractivity contribution is 0.721. The Balaban J connectivity index is 1.19. The van der Waals surface area contributed by atoms with Crippen LogP contribution in [0.5, 0.6) is 0 Å². The van der Waals surface area contributed by atoms with Gasteiger partial charge in [0.15, 0.2) is 11.4 Å². The molecule has 12 rings (SSSR count). The fourth-order valence-electron chi connectivity index (χ4n) is 10.4. The van der Waals surface area contributed by atoms with Gasteiger partial charge >= 0.3 is 0 Å². The van der Waals surface area contributed by atoms with Crippen LogP contribution in [0, 0.1) is 29.2 Å². The largest absolute Gasteiger partial charge is 0.317 e. The van der Waals surface area contributed by atoms with Gasteiger partial charge in [0, 0.05) is 63.6 Å². The van der Waals surface area contributed by atoms with Crippen molar-refractivity contribution in [2.75, 3.05) is 0 Å². The molecule has 0 N–H and O–H groups in total. The first-order chi connectivity index (χ1) is 31.1. The van der Waals surface area contributed by atoms with Gasteiger partial charge in [-0.15, -0.1) is 0 Å². The summed E-state index contributed by atoms with van der Waals surface area (Å²) in [5.41, 5.74) is 14.2. The molecule has 3 heterocycles. The second-order valence-corrected chi connectivity index (χ2v) is 15.9. The van der Waals surface area contributed by atoms with Gasteiger partial charge in [-0.05, 0) is 59.7 Å². The van der Waals surface area contributed by atoms with Gasteiger partial charge in [-0.25, -0.2) is 4.85 Å². The molecule has 0 radical (unpaired) electrons. The van der Waals surface area contributed by atoms with E-state index in [1.165, 1.54) is 0 Å². The smallest absolute Gasteiger partial charge is 0.211 e. The van der Waals surface area contributed by atoms with Gasteiger partial charge in [0.2, 0.25) is 5.69 Å². The average molecular weight is 802 g/mol. The van der Waals surface area contributed by atoms with Crippen LogP contribution in [0.1, 0.15) is 11.1 Å². The number of fused-ring (bicyclic) bond motifs is 10.